The quantitative estimate of drug-likeness (QED) is 0.0588. The lowest BCUT2D eigenvalue weighted by molar-refractivity contribution is -0.117. The van der Waals surface area contributed by atoms with E-state index in [0.29, 0.717) is 53.0 Å². The lowest BCUT2D eigenvalue weighted by Crippen LogP contribution is -2.42. The van der Waals surface area contributed by atoms with E-state index in [2.05, 4.69) is 146 Å². The molecule has 0 saturated carbocycles. The first-order valence-corrected chi connectivity index (χ1v) is 41.9. The lowest BCUT2D eigenvalue weighted by atomic mass is 10.00. The van der Waals surface area contributed by atoms with Gasteiger partial charge in [-0.3, -0.25) is 4.79 Å². The molecule has 15 atom stereocenters. The van der Waals surface area contributed by atoms with E-state index < -0.39 is 76.5 Å². The second kappa shape index (κ2) is 30.7. The van der Waals surface area contributed by atoms with Gasteiger partial charge >= 0.3 is 0 Å². The molecule has 87 heavy (non-hydrogen) atoms. The van der Waals surface area contributed by atoms with E-state index in [1.807, 2.05) is 24.1 Å². The molecule has 0 radical (unpaired) electrons. The van der Waals surface area contributed by atoms with E-state index in [4.69, 9.17) is 31.4 Å². The van der Waals surface area contributed by atoms with Gasteiger partial charge in [0.05, 0.1) is 41.4 Å². The van der Waals surface area contributed by atoms with Crippen LogP contribution in [0.3, 0.4) is 0 Å². The fourth-order valence-corrected chi connectivity index (χ4v) is 14.6. The van der Waals surface area contributed by atoms with Gasteiger partial charge in [0.25, 0.3) is 0 Å². The molecular weight excluding hydrogens is 1250 g/mol. The van der Waals surface area contributed by atoms with E-state index in [0.717, 1.165) is 49.5 Å². The number of hydrogen-bond acceptors (Lipinski definition) is 21. The van der Waals surface area contributed by atoms with Gasteiger partial charge in [-0.2, -0.15) is 0 Å². The molecule has 486 valence electrons. The number of hydrogen-bond donors (Lipinski definition) is 10. The van der Waals surface area contributed by atoms with Crippen molar-refractivity contribution in [2.24, 2.45) is 43.1 Å². The van der Waals surface area contributed by atoms with E-state index in [1.165, 1.54) is 6.92 Å². The molecule has 3 saturated heterocycles. The van der Waals surface area contributed by atoms with Crippen molar-refractivity contribution in [2.45, 2.75) is 124 Å². The number of nitrogens with two attached hydrogens (primary N) is 3. The van der Waals surface area contributed by atoms with Gasteiger partial charge in [-0.1, -0.05) is 55.2 Å². The number of amidine groups is 4. The number of rotatable bonds is 16. The third-order valence-corrected chi connectivity index (χ3v) is 21.9. The number of aliphatic hydroxyl groups excluding tert-OH is 6. The maximum atomic E-state index is 11.1. The largest absolute Gasteiger partial charge is 0.390 e. The third-order valence-electron chi connectivity index (χ3n) is 15.1. The smallest absolute Gasteiger partial charge is 0.222 e. The minimum Gasteiger partial charge on any atom is -0.390 e. The summed E-state index contributed by atoms with van der Waals surface area (Å²) in [4.78, 5) is 34.4. The zero-order valence-corrected chi connectivity index (χ0v) is 57.6. The van der Waals surface area contributed by atoms with Gasteiger partial charge in [0.2, 0.25) is 5.91 Å². The molecule has 1 amide bonds. The van der Waals surface area contributed by atoms with Gasteiger partial charge in [-0.25, -0.2) is 20.0 Å². The Kier molecular flexibility index (Phi) is 25.9. The fraction of sp³-hybridized carbons (Fsp3) is 0.550. The molecule has 0 aromatic carbocycles. The van der Waals surface area contributed by atoms with Crippen molar-refractivity contribution < 1.29 is 49.6 Å². The van der Waals surface area contributed by atoms with E-state index in [9.17, 15) is 35.4 Å². The first-order valence-electron chi connectivity index (χ1n) is 28.7. The number of nitrogens with zero attached hydrogens (tertiary/aromatic N) is 8. The molecular formula is C60H99BrN12O10P4. The topological polar surface area (TPSA) is 319 Å². The summed E-state index contributed by atoms with van der Waals surface area (Å²) in [7, 11) is 0. The standard InChI is InChI=1S/C16H26N3O4P.C15H26N3O2P.C15H24N3O2P.C14H23BrN3O2P/c1-10-17-13(18-11(2)20)6-8-19(10)16-15(22)14(21)12(23-16)7-9-24(3,4)5;1-10-14(19)12(7-9-21(3,4)5)20-15(10)18-8-6-13(16)17-11(18)2;1-10-17-13(16)5-7-18(10)12-9-11(14(19)15(12)20)6-8-21(2,3)4;1-9-17-11(16)5-7-18(9)14-12(15)13(19)10(20-14)6-8-21(2,3)4/h6,8,12,14-16,21-22H,1,3,7,9H2,2,4-5H3,(H,17,18,20);6,8,10,12,14-15,19H,2-3,7,9H2,1,4-5H3,(H2,16,17);5,7,9,12,14-15,19-20H,1-2,6,8H2,3-4H3,(H2,16,17);5,7,10,12-14,19H,1-2,6,8H2,3-4H3,(H2,16,17)/t12-,14-,15-,16-;10-,12-,14+,15-;12-,14-,15+;10-,12-,13-,14-/m1111/s1. The fourth-order valence-electron chi connectivity index (χ4n) is 10.1. The number of carbonyl (C=O) groups is 1. The summed E-state index contributed by atoms with van der Waals surface area (Å²) in [6.45, 7) is 31.5. The highest BCUT2D eigenvalue weighted by Gasteiger charge is 2.48. The van der Waals surface area contributed by atoms with E-state index >= 15 is 0 Å². The van der Waals surface area contributed by atoms with Gasteiger partial charge in [-0.05, 0) is 134 Å². The Hall–Kier alpha value is -4.27. The van der Waals surface area contributed by atoms with E-state index in [1.54, 1.807) is 57.6 Å². The number of aliphatic hydroxyl groups is 6. The van der Waals surface area contributed by atoms with Crippen LogP contribution in [0.25, 0.3) is 0 Å². The summed E-state index contributed by atoms with van der Waals surface area (Å²) in [5.74, 6) is 3.21. The van der Waals surface area contributed by atoms with Crippen LogP contribution in [0.2, 0.25) is 0 Å². The molecule has 7 aliphatic heterocycles. The Morgan fingerprint density at radius 3 is 1.37 bits per heavy atom. The van der Waals surface area contributed by atoms with Crippen LogP contribution in [0, 0.1) is 5.92 Å². The molecule has 1 aliphatic carbocycles. The van der Waals surface area contributed by atoms with Crippen molar-refractivity contribution >= 4 is 97.9 Å². The molecule has 13 N–H and O–H groups in total. The first-order chi connectivity index (χ1) is 40.1. The summed E-state index contributed by atoms with van der Waals surface area (Å²) >= 11 is 3.53. The summed E-state index contributed by atoms with van der Waals surface area (Å²) in [6, 6.07) is -0.359. The van der Waals surface area contributed by atoms with Gasteiger partial charge < -0.3 is 87.0 Å². The van der Waals surface area contributed by atoms with Gasteiger partial charge in [0.1, 0.15) is 77.3 Å². The van der Waals surface area contributed by atoms with Crippen molar-refractivity contribution in [3.63, 3.8) is 0 Å². The first kappa shape index (κ1) is 73.5. The Morgan fingerprint density at radius 2 is 0.931 bits per heavy atom. The average Bonchev–Trinajstić information content (AvgIpc) is 1.80. The molecule has 22 nitrogen and oxygen atoms in total. The Balaban J connectivity index is 0.000000212. The van der Waals surface area contributed by atoms with Crippen LogP contribution >= 0.6 is 43.5 Å². The summed E-state index contributed by atoms with van der Waals surface area (Å²) in [5.41, 5.74) is 17.8. The monoisotopic (exact) mass is 1350 g/mol. The van der Waals surface area contributed by atoms with Gasteiger partial charge in [0.15, 0.2) is 12.5 Å². The molecule has 0 spiro atoms. The number of ether oxygens (including phenoxy) is 3. The van der Waals surface area contributed by atoms with Crippen molar-refractivity contribution in [3.05, 3.63) is 110 Å². The minimum atomic E-state index is -1.23. The zero-order valence-electron chi connectivity index (χ0n) is 52.5. The molecule has 3 fully saturated rings. The molecule has 0 unspecified atom stereocenters. The predicted molar refractivity (Wildman–Crippen MR) is 374 cm³/mol. The molecule has 27 heteroatoms. The highest BCUT2D eigenvalue weighted by Crippen LogP contribution is 2.43. The number of nitrogens with one attached hydrogen (secondary N) is 1. The summed E-state index contributed by atoms with van der Waals surface area (Å²) in [6.07, 6.45) is 32.2. The third kappa shape index (κ3) is 21.4. The highest BCUT2D eigenvalue weighted by atomic mass is 79.9. The molecule has 0 aromatic rings. The normalized spacial score (nSPS) is 31.7. The molecule has 0 aromatic heterocycles. The van der Waals surface area contributed by atoms with Crippen molar-refractivity contribution in [3.8, 4) is 0 Å². The second-order valence-corrected chi connectivity index (χ2v) is 44.1. The maximum absolute atomic E-state index is 11.1. The highest BCUT2D eigenvalue weighted by molar-refractivity contribution is 9.09. The summed E-state index contributed by atoms with van der Waals surface area (Å²) in [5, 5.41) is 64.5. The predicted octanol–water partition coefficient (Wildman–Crippen LogP) is 4.20. The van der Waals surface area contributed by atoms with Crippen LogP contribution < -0.4 is 22.5 Å². The number of aliphatic imine (C=N–C) groups is 4. The number of amides is 1. The number of alkyl halides is 1. The Morgan fingerprint density at radius 1 is 0.552 bits per heavy atom. The molecule has 8 rings (SSSR count). The van der Waals surface area contributed by atoms with Crippen LogP contribution in [0.15, 0.2) is 130 Å². The SMILES string of the molecule is C=C1N=C(N)C=CN1[C@@H]1C=C(CCP(=C)(C)C)[C@@H](O)[C@H]1O.C=C1N=C(N)C=CN1[C@@H]1O[C@H](CCP(=C)(C)C)[C@@H](O)[C@H]1Br.C=C1N=C(N)C=CN1[C@@H]1O[C@H](CCP(=C)(C)C)[C@@H](O)[C@H]1C.C=C1N=C(NC(C)=O)C=CN1[C@@H]1O[C@H](CCP(=C)(C)C)[C@@H](O)[C@H]1O. The van der Waals surface area contributed by atoms with Crippen LogP contribution in [0.4, 0.5) is 0 Å². The van der Waals surface area contributed by atoms with Gasteiger partial charge in [-0.15, -0.1) is 52.7 Å². The summed E-state index contributed by atoms with van der Waals surface area (Å²) < 4.78 is 17.9. The van der Waals surface area contributed by atoms with Gasteiger partial charge in [0, 0.05) is 37.6 Å². The van der Waals surface area contributed by atoms with Crippen LogP contribution in [-0.2, 0) is 19.0 Å². The van der Waals surface area contributed by atoms with Crippen LogP contribution in [-0.4, -0.2) is 267 Å². The van der Waals surface area contributed by atoms with E-state index in [-0.39, 0.29) is 47.4 Å². The molecule has 8 aliphatic rings. The van der Waals surface area contributed by atoms with Crippen LogP contribution in [0.1, 0.15) is 39.5 Å². The Bertz CT molecular complexity index is 2950. The zero-order chi connectivity index (χ0) is 65.4. The second-order valence-electron chi connectivity index (χ2n) is 25.7. The molecule has 7 heterocycles. The van der Waals surface area contributed by atoms with Crippen molar-refractivity contribution in [2.75, 3.05) is 78.0 Å². The molecule has 0 bridgehead atoms. The Labute approximate surface area is 525 Å². The lowest BCUT2D eigenvalue weighted by Gasteiger charge is -2.31. The average molecular weight is 1350 g/mol. The van der Waals surface area contributed by atoms with Crippen LogP contribution in [0.5, 0.6) is 0 Å². The maximum Gasteiger partial charge on any atom is 0.222 e. The van der Waals surface area contributed by atoms with Crippen molar-refractivity contribution in [1.29, 1.82) is 0 Å². The number of halogens is 1. The minimum absolute atomic E-state index is 0.0165. The number of carbonyl (C=O) groups excluding carboxylic acids is 1. The van der Waals surface area contributed by atoms with Crippen molar-refractivity contribution in [1.82, 2.24) is 24.9 Å².